The molecule has 0 fully saturated rings. The van der Waals surface area contributed by atoms with Crippen LogP contribution in [0, 0.1) is 0 Å². The van der Waals surface area contributed by atoms with E-state index in [1.807, 2.05) is 6.92 Å². The number of hydrogen-bond donors (Lipinski definition) is 0. The van der Waals surface area contributed by atoms with Crippen molar-refractivity contribution in [2.24, 2.45) is 0 Å². The Balaban J connectivity index is 3.05. The second-order valence-corrected chi connectivity index (χ2v) is 2.54. The van der Waals surface area contributed by atoms with Gasteiger partial charge in [0.2, 0.25) is 11.5 Å². The molecule has 1 rings (SSSR count). The first-order valence-electron chi connectivity index (χ1n) is 3.93. The van der Waals surface area contributed by atoms with Crippen molar-refractivity contribution in [1.29, 1.82) is 0 Å². The molecule has 13 heavy (non-hydrogen) atoms. The molecule has 0 aromatic rings. The van der Waals surface area contributed by atoms with Crippen molar-refractivity contribution < 1.29 is 18.9 Å². The summed E-state index contributed by atoms with van der Waals surface area (Å²) in [6.07, 6.45) is 0. The van der Waals surface area contributed by atoms with Crippen LogP contribution in [0.5, 0.6) is 0 Å². The highest BCUT2D eigenvalue weighted by Crippen LogP contribution is 2.26. The standard InChI is InChI=1S/C9H14O4/c1-6-8(11-3)9(12-4)7(10-2)5-13-6/h5H2,1-4H3. The fourth-order valence-corrected chi connectivity index (χ4v) is 1.19. The molecule has 0 radical (unpaired) electrons. The highest BCUT2D eigenvalue weighted by atomic mass is 16.6. The van der Waals surface area contributed by atoms with Gasteiger partial charge in [0.15, 0.2) is 5.76 Å². The predicted octanol–water partition coefficient (Wildman–Crippen LogP) is 1.40. The largest absolute Gasteiger partial charge is 0.494 e. The predicted molar refractivity (Wildman–Crippen MR) is 46.7 cm³/mol. The van der Waals surface area contributed by atoms with Crippen LogP contribution in [-0.4, -0.2) is 27.9 Å². The maximum atomic E-state index is 5.31. The lowest BCUT2D eigenvalue weighted by atomic mass is 10.2. The molecule has 0 saturated carbocycles. The van der Waals surface area contributed by atoms with E-state index in [9.17, 15) is 0 Å². The Kier molecular flexibility index (Phi) is 3.06. The number of hydrogen-bond acceptors (Lipinski definition) is 4. The minimum absolute atomic E-state index is 0.387. The van der Waals surface area contributed by atoms with E-state index in [0.29, 0.717) is 29.6 Å². The second-order valence-electron chi connectivity index (χ2n) is 2.54. The molecule has 1 aliphatic heterocycles. The Morgan fingerprint density at radius 3 is 2.08 bits per heavy atom. The van der Waals surface area contributed by atoms with Gasteiger partial charge in [-0.3, -0.25) is 0 Å². The van der Waals surface area contributed by atoms with Crippen LogP contribution in [-0.2, 0) is 18.9 Å². The first-order valence-corrected chi connectivity index (χ1v) is 3.93. The van der Waals surface area contributed by atoms with Crippen LogP contribution < -0.4 is 0 Å². The Morgan fingerprint density at radius 2 is 1.62 bits per heavy atom. The third kappa shape index (κ3) is 1.71. The molecule has 0 N–H and O–H groups in total. The molecule has 1 aliphatic rings. The summed E-state index contributed by atoms with van der Waals surface area (Å²) in [6, 6.07) is 0. The van der Waals surface area contributed by atoms with E-state index in [1.165, 1.54) is 0 Å². The summed E-state index contributed by atoms with van der Waals surface area (Å²) in [5, 5.41) is 0. The van der Waals surface area contributed by atoms with Crippen molar-refractivity contribution in [3.05, 3.63) is 23.0 Å². The van der Waals surface area contributed by atoms with Crippen LogP contribution in [0.2, 0.25) is 0 Å². The van der Waals surface area contributed by atoms with Crippen molar-refractivity contribution in [3.8, 4) is 0 Å². The highest BCUT2D eigenvalue weighted by molar-refractivity contribution is 5.28. The Labute approximate surface area is 77.7 Å². The Bertz CT molecular complexity index is 252. The topological polar surface area (TPSA) is 36.9 Å². The van der Waals surface area contributed by atoms with Gasteiger partial charge in [0.25, 0.3) is 0 Å². The molecular formula is C9H14O4. The number of rotatable bonds is 3. The van der Waals surface area contributed by atoms with Crippen molar-refractivity contribution >= 4 is 0 Å². The van der Waals surface area contributed by atoms with Gasteiger partial charge in [-0.05, 0) is 6.92 Å². The summed E-state index contributed by atoms with van der Waals surface area (Å²) in [5.74, 6) is 2.55. The smallest absolute Gasteiger partial charge is 0.206 e. The summed E-state index contributed by atoms with van der Waals surface area (Å²) in [5.41, 5.74) is 0. The first kappa shape index (κ1) is 9.77. The van der Waals surface area contributed by atoms with Gasteiger partial charge >= 0.3 is 0 Å². The van der Waals surface area contributed by atoms with Gasteiger partial charge in [-0.25, -0.2) is 0 Å². The van der Waals surface area contributed by atoms with Crippen LogP contribution in [0.15, 0.2) is 23.0 Å². The molecule has 4 heteroatoms. The molecule has 0 aromatic heterocycles. The fraction of sp³-hybridized carbons (Fsp3) is 0.556. The zero-order chi connectivity index (χ0) is 9.84. The fourth-order valence-electron chi connectivity index (χ4n) is 1.19. The lowest BCUT2D eigenvalue weighted by molar-refractivity contribution is 0.0985. The molecule has 0 spiro atoms. The van der Waals surface area contributed by atoms with Crippen LogP contribution in [0.3, 0.4) is 0 Å². The van der Waals surface area contributed by atoms with E-state index in [1.54, 1.807) is 21.3 Å². The summed E-state index contributed by atoms with van der Waals surface area (Å²) < 4.78 is 20.7. The molecule has 0 unspecified atom stereocenters. The third-order valence-electron chi connectivity index (χ3n) is 1.85. The molecule has 0 amide bonds. The SMILES string of the molecule is COC1=C(OC)C(OC)=C(C)OC1. The second kappa shape index (κ2) is 4.07. The molecule has 0 aliphatic carbocycles. The zero-order valence-electron chi connectivity index (χ0n) is 8.34. The average molecular weight is 186 g/mol. The Hall–Kier alpha value is -1.32. The molecule has 4 nitrogen and oxygen atoms in total. The number of ether oxygens (including phenoxy) is 4. The average Bonchev–Trinajstić information content (AvgIpc) is 2.17. The molecule has 0 atom stereocenters. The molecule has 0 aromatic carbocycles. The molecule has 74 valence electrons. The molecule has 0 saturated heterocycles. The number of allylic oxidation sites excluding steroid dienone is 1. The normalized spacial score (nSPS) is 16.9. The van der Waals surface area contributed by atoms with Gasteiger partial charge in [-0.2, -0.15) is 0 Å². The van der Waals surface area contributed by atoms with Crippen LogP contribution in [0.4, 0.5) is 0 Å². The third-order valence-corrected chi connectivity index (χ3v) is 1.85. The summed E-state index contributed by atoms with van der Waals surface area (Å²) in [6.45, 7) is 2.21. The van der Waals surface area contributed by atoms with E-state index in [0.717, 1.165) is 0 Å². The van der Waals surface area contributed by atoms with E-state index < -0.39 is 0 Å². The van der Waals surface area contributed by atoms with Crippen molar-refractivity contribution in [1.82, 2.24) is 0 Å². The van der Waals surface area contributed by atoms with Gasteiger partial charge in [0, 0.05) is 0 Å². The van der Waals surface area contributed by atoms with E-state index in [4.69, 9.17) is 18.9 Å². The van der Waals surface area contributed by atoms with E-state index in [2.05, 4.69) is 0 Å². The van der Waals surface area contributed by atoms with Gasteiger partial charge in [-0.15, -0.1) is 0 Å². The lowest BCUT2D eigenvalue weighted by Gasteiger charge is -2.22. The first-order chi connectivity index (χ1) is 6.24. The van der Waals surface area contributed by atoms with E-state index in [-0.39, 0.29) is 0 Å². The molecule has 1 heterocycles. The Morgan fingerprint density at radius 1 is 1.00 bits per heavy atom. The van der Waals surface area contributed by atoms with Crippen LogP contribution in [0.1, 0.15) is 6.92 Å². The summed E-state index contributed by atoms with van der Waals surface area (Å²) >= 11 is 0. The van der Waals surface area contributed by atoms with Crippen molar-refractivity contribution in [3.63, 3.8) is 0 Å². The van der Waals surface area contributed by atoms with Gasteiger partial charge in [-0.1, -0.05) is 0 Å². The highest BCUT2D eigenvalue weighted by Gasteiger charge is 2.23. The lowest BCUT2D eigenvalue weighted by Crippen LogP contribution is -2.14. The maximum Gasteiger partial charge on any atom is 0.206 e. The van der Waals surface area contributed by atoms with Crippen LogP contribution in [0.25, 0.3) is 0 Å². The van der Waals surface area contributed by atoms with Crippen LogP contribution >= 0.6 is 0 Å². The minimum atomic E-state index is 0.387. The van der Waals surface area contributed by atoms with Crippen molar-refractivity contribution in [2.75, 3.05) is 27.9 Å². The molecule has 0 bridgehead atoms. The van der Waals surface area contributed by atoms with Crippen molar-refractivity contribution in [2.45, 2.75) is 6.92 Å². The van der Waals surface area contributed by atoms with Gasteiger partial charge in [0.1, 0.15) is 12.4 Å². The zero-order valence-corrected chi connectivity index (χ0v) is 8.34. The minimum Gasteiger partial charge on any atom is -0.494 e. The number of methoxy groups -OCH3 is 3. The van der Waals surface area contributed by atoms with Gasteiger partial charge in [0.05, 0.1) is 21.3 Å². The monoisotopic (exact) mass is 186 g/mol. The molecular weight excluding hydrogens is 172 g/mol. The summed E-state index contributed by atoms with van der Waals surface area (Å²) in [7, 11) is 4.72. The van der Waals surface area contributed by atoms with E-state index >= 15 is 0 Å². The quantitative estimate of drug-likeness (QED) is 0.667. The van der Waals surface area contributed by atoms with Gasteiger partial charge < -0.3 is 18.9 Å². The summed E-state index contributed by atoms with van der Waals surface area (Å²) in [4.78, 5) is 0. The maximum absolute atomic E-state index is 5.31.